The van der Waals surface area contributed by atoms with Crippen LogP contribution in [-0.2, 0) is 0 Å². The Morgan fingerprint density at radius 2 is 1.81 bits per heavy atom. The Labute approximate surface area is 166 Å². The largest absolute Gasteiger partial charge is 0.497 e. The first-order chi connectivity index (χ1) is 13.1. The van der Waals surface area contributed by atoms with E-state index in [0.29, 0.717) is 18.8 Å². The Kier molecular flexibility index (Phi) is 5.13. The van der Waals surface area contributed by atoms with E-state index in [1.54, 1.807) is 18.4 Å². The van der Waals surface area contributed by atoms with E-state index >= 15 is 0 Å². The van der Waals surface area contributed by atoms with E-state index in [2.05, 4.69) is 41.1 Å². The summed E-state index contributed by atoms with van der Waals surface area (Å²) < 4.78 is 5.21. The van der Waals surface area contributed by atoms with Crippen molar-refractivity contribution < 1.29 is 9.53 Å². The zero-order valence-electron chi connectivity index (χ0n) is 15.3. The zero-order chi connectivity index (χ0) is 18.8. The highest BCUT2D eigenvalue weighted by molar-refractivity contribution is 7.21. The molecule has 0 N–H and O–H groups in total. The van der Waals surface area contributed by atoms with Crippen LogP contribution in [0.5, 0.6) is 5.75 Å². The Bertz CT molecular complexity index is 925. The van der Waals surface area contributed by atoms with Crippen LogP contribution in [0.2, 0.25) is 0 Å². The predicted molar refractivity (Wildman–Crippen MR) is 111 cm³/mol. The lowest BCUT2D eigenvalue weighted by molar-refractivity contribution is 0.0742. The number of aryl methyl sites for hydroxylation is 1. The molecule has 4 rings (SSSR count). The molecular formula is C20H21N3O2S2. The van der Waals surface area contributed by atoms with Gasteiger partial charge in [-0.3, -0.25) is 4.79 Å². The van der Waals surface area contributed by atoms with E-state index in [9.17, 15) is 4.79 Å². The van der Waals surface area contributed by atoms with Gasteiger partial charge in [0, 0.05) is 42.1 Å². The minimum absolute atomic E-state index is 0.0279. The summed E-state index contributed by atoms with van der Waals surface area (Å²) in [6.45, 7) is 5.13. The second kappa shape index (κ2) is 7.70. The Balaban J connectivity index is 1.39. The molecular weight excluding hydrogens is 378 g/mol. The van der Waals surface area contributed by atoms with Crippen molar-refractivity contribution in [1.82, 2.24) is 9.88 Å². The molecule has 3 aromatic rings. The van der Waals surface area contributed by atoms with Crippen molar-refractivity contribution in [3.8, 4) is 15.6 Å². The van der Waals surface area contributed by atoms with Crippen molar-refractivity contribution in [2.24, 2.45) is 0 Å². The molecule has 2 aromatic heterocycles. The van der Waals surface area contributed by atoms with Crippen LogP contribution in [0, 0.1) is 6.92 Å². The van der Waals surface area contributed by atoms with Crippen LogP contribution in [0.1, 0.15) is 15.4 Å². The lowest BCUT2D eigenvalue weighted by atomic mass is 10.2. The number of methoxy groups -OCH3 is 1. The molecule has 1 aliphatic rings. The number of thiophene rings is 1. The molecule has 1 aromatic carbocycles. The molecule has 0 spiro atoms. The number of rotatable bonds is 4. The van der Waals surface area contributed by atoms with E-state index in [4.69, 9.17) is 4.74 Å². The van der Waals surface area contributed by atoms with Crippen molar-refractivity contribution in [2.75, 3.05) is 38.2 Å². The smallest absolute Gasteiger partial charge is 0.273 e. The van der Waals surface area contributed by atoms with Gasteiger partial charge in [0.15, 0.2) is 0 Å². The van der Waals surface area contributed by atoms with Gasteiger partial charge in [-0.05, 0) is 43.3 Å². The number of benzene rings is 1. The number of aromatic nitrogens is 1. The molecule has 1 saturated heterocycles. The fourth-order valence-corrected chi connectivity index (χ4v) is 4.89. The topological polar surface area (TPSA) is 45.7 Å². The molecule has 1 amide bonds. The third kappa shape index (κ3) is 3.84. The molecule has 0 unspecified atom stereocenters. The van der Waals surface area contributed by atoms with Gasteiger partial charge < -0.3 is 14.5 Å². The number of piperazine rings is 1. The lowest BCUT2D eigenvalue weighted by Gasteiger charge is -2.35. The fraction of sp³-hybridized carbons (Fsp3) is 0.300. The molecule has 7 heteroatoms. The van der Waals surface area contributed by atoms with Gasteiger partial charge in [0.05, 0.1) is 12.0 Å². The van der Waals surface area contributed by atoms with Crippen LogP contribution in [0.3, 0.4) is 0 Å². The fourth-order valence-electron chi connectivity index (χ4n) is 3.16. The first-order valence-corrected chi connectivity index (χ1v) is 10.5. The average Bonchev–Trinajstić information content (AvgIpc) is 3.37. The number of ether oxygens (including phenoxy) is 1. The minimum atomic E-state index is 0.0279. The third-order valence-electron chi connectivity index (χ3n) is 4.68. The average molecular weight is 400 g/mol. The summed E-state index contributed by atoms with van der Waals surface area (Å²) >= 11 is 3.25. The highest BCUT2D eigenvalue weighted by Gasteiger charge is 2.24. The van der Waals surface area contributed by atoms with Crippen LogP contribution in [0.15, 0.2) is 41.8 Å². The van der Waals surface area contributed by atoms with Gasteiger partial charge in [-0.2, -0.15) is 0 Å². The molecule has 0 aliphatic carbocycles. The van der Waals surface area contributed by atoms with Gasteiger partial charge in [-0.25, -0.2) is 4.98 Å². The summed E-state index contributed by atoms with van der Waals surface area (Å²) in [6.07, 6.45) is 0. The van der Waals surface area contributed by atoms with Crippen LogP contribution in [0.25, 0.3) is 9.88 Å². The van der Waals surface area contributed by atoms with E-state index in [0.717, 1.165) is 34.4 Å². The number of hydrogen-bond acceptors (Lipinski definition) is 6. The Morgan fingerprint density at radius 1 is 1.07 bits per heavy atom. The Morgan fingerprint density at radius 3 is 2.44 bits per heavy atom. The van der Waals surface area contributed by atoms with Gasteiger partial charge in [0.25, 0.3) is 5.91 Å². The van der Waals surface area contributed by atoms with Crippen molar-refractivity contribution in [3.05, 3.63) is 52.3 Å². The first-order valence-electron chi connectivity index (χ1n) is 8.84. The summed E-state index contributed by atoms with van der Waals surface area (Å²) in [5.74, 6) is 0.882. The number of anilines is 1. The number of carbonyl (C=O) groups is 1. The molecule has 0 radical (unpaired) electrons. The third-order valence-corrected chi connectivity index (χ3v) is 6.69. The summed E-state index contributed by atoms with van der Waals surface area (Å²) in [5.41, 5.74) is 1.71. The number of amides is 1. The predicted octanol–water partition coefficient (Wildman–Crippen LogP) is 4.15. The van der Waals surface area contributed by atoms with Gasteiger partial charge in [-0.15, -0.1) is 22.7 Å². The van der Waals surface area contributed by atoms with Gasteiger partial charge in [0.2, 0.25) is 0 Å². The second-order valence-corrected chi connectivity index (χ2v) is 8.57. The number of hydrogen-bond donors (Lipinski definition) is 0. The lowest BCUT2D eigenvalue weighted by Crippen LogP contribution is -2.48. The van der Waals surface area contributed by atoms with E-state index in [-0.39, 0.29) is 5.91 Å². The van der Waals surface area contributed by atoms with E-state index < -0.39 is 0 Å². The summed E-state index contributed by atoms with van der Waals surface area (Å²) in [4.78, 5) is 24.0. The molecule has 0 saturated carbocycles. The molecule has 0 atom stereocenters. The SMILES string of the molecule is COc1ccc(N2CCN(C(=O)c3csc(-c4ccc(C)s4)n3)CC2)cc1. The molecule has 5 nitrogen and oxygen atoms in total. The second-order valence-electron chi connectivity index (χ2n) is 6.43. The van der Waals surface area contributed by atoms with Crippen LogP contribution in [0.4, 0.5) is 5.69 Å². The summed E-state index contributed by atoms with van der Waals surface area (Å²) in [7, 11) is 1.67. The van der Waals surface area contributed by atoms with Crippen LogP contribution < -0.4 is 9.64 Å². The van der Waals surface area contributed by atoms with Gasteiger partial charge >= 0.3 is 0 Å². The summed E-state index contributed by atoms with van der Waals surface area (Å²) in [6, 6.07) is 12.2. The highest BCUT2D eigenvalue weighted by Crippen LogP contribution is 2.30. The standard InChI is InChI=1S/C20H21N3O2S2/c1-14-3-8-18(27-14)19-21-17(13-26-19)20(24)23-11-9-22(10-12-23)15-4-6-16(25-2)7-5-15/h3-8,13H,9-12H2,1-2H3. The molecule has 140 valence electrons. The maximum Gasteiger partial charge on any atom is 0.273 e. The van der Waals surface area contributed by atoms with Crippen molar-refractivity contribution in [2.45, 2.75) is 6.92 Å². The maximum absolute atomic E-state index is 12.8. The van der Waals surface area contributed by atoms with Crippen molar-refractivity contribution in [3.63, 3.8) is 0 Å². The number of nitrogens with zero attached hydrogens (tertiary/aromatic N) is 3. The van der Waals surface area contributed by atoms with Crippen LogP contribution in [-0.4, -0.2) is 49.1 Å². The highest BCUT2D eigenvalue weighted by atomic mass is 32.1. The monoisotopic (exact) mass is 399 g/mol. The van der Waals surface area contributed by atoms with Crippen LogP contribution >= 0.6 is 22.7 Å². The van der Waals surface area contributed by atoms with Crippen molar-refractivity contribution >= 4 is 34.3 Å². The van der Waals surface area contributed by atoms with E-state index in [1.165, 1.54) is 16.2 Å². The van der Waals surface area contributed by atoms with E-state index in [1.807, 2.05) is 22.4 Å². The van der Waals surface area contributed by atoms with Gasteiger partial charge in [0.1, 0.15) is 16.5 Å². The molecule has 1 fully saturated rings. The van der Waals surface area contributed by atoms with Crippen molar-refractivity contribution in [1.29, 1.82) is 0 Å². The van der Waals surface area contributed by atoms with Gasteiger partial charge in [-0.1, -0.05) is 0 Å². The Hall–Kier alpha value is -2.38. The maximum atomic E-state index is 12.8. The molecule has 1 aliphatic heterocycles. The first kappa shape index (κ1) is 18.0. The number of thiazole rings is 1. The normalized spacial score (nSPS) is 14.4. The number of carbonyl (C=O) groups excluding carboxylic acids is 1. The molecule has 3 heterocycles. The molecule has 27 heavy (non-hydrogen) atoms. The summed E-state index contributed by atoms with van der Waals surface area (Å²) in [5, 5.41) is 2.80. The quantitative estimate of drug-likeness (QED) is 0.661. The molecule has 0 bridgehead atoms. The zero-order valence-corrected chi connectivity index (χ0v) is 17.0. The minimum Gasteiger partial charge on any atom is -0.497 e.